The van der Waals surface area contributed by atoms with Gasteiger partial charge in [-0.3, -0.25) is 5.32 Å². The van der Waals surface area contributed by atoms with Crippen LogP contribution in [-0.2, 0) is 4.74 Å². The first-order valence-corrected chi connectivity index (χ1v) is 14.7. The molecule has 1 aromatic heterocycles. The molecule has 9 heteroatoms. The number of anilines is 2. The number of piperazine rings is 1. The predicted octanol–water partition coefficient (Wildman–Crippen LogP) is 6.49. The zero-order chi connectivity index (χ0) is 30.7. The lowest BCUT2D eigenvalue weighted by molar-refractivity contribution is 0.0636. The number of methoxy groups -OCH3 is 2. The van der Waals surface area contributed by atoms with Gasteiger partial charge in [-0.05, 0) is 74.8 Å². The number of amides is 1. The highest BCUT2D eigenvalue weighted by Gasteiger charge is 2.26. The van der Waals surface area contributed by atoms with Crippen LogP contribution < -0.4 is 19.7 Å². The zero-order valence-electron chi connectivity index (χ0n) is 25.9. The number of fused-ring (bicyclic) bond motifs is 1. The Morgan fingerprint density at radius 1 is 0.907 bits per heavy atom. The maximum absolute atomic E-state index is 12.6. The Morgan fingerprint density at radius 3 is 2.28 bits per heavy atom. The molecule has 2 heterocycles. The van der Waals surface area contributed by atoms with E-state index in [0.717, 1.165) is 60.3 Å². The Hall–Kier alpha value is -4.37. The molecule has 0 radical (unpaired) electrons. The summed E-state index contributed by atoms with van der Waals surface area (Å²) in [5, 5.41) is 16.4. The van der Waals surface area contributed by atoms with Gasteiger partial charge in [0.25, 0.3) is 0 Å². The maximum Gasteiger partial charge on any atom is 0.412 e. The number of hydrogen-bond acceptors (Lipinski definition) is 7. The Bertz CT molecular complexity index is 1580. The lowest BCUT2D eigenvalue weighted by Gasteiger charge is -2.35. The molecule has 0 saturated carbocycles. The van der Waals surface area contributed by atoms with Crippen molar-refractivity contribution < 1.29 is 24.1 Å². The van der Waals surface area contributed by atoms with Crippen molar-refractivity contribution in [2.45, 2.75) is 39.3 Å². The molecule has 1 saturated heterocycles. The largest absolute Gasteiger partial charge is 0.494 e. The van der Waals surface area contributed by atoms with Gasteiger partial charge in [-0.15, -0.1) is 0 Å². The number of carbonyl (C=O) groups excluding carboxylic acids is 1. The Labute approximate surface area is 253 Å². The van der Waals surface area contributed by atoms with Gasteiger partial charge in [-0.25, -0.2) is 4.79 Å². The van der Waals surface area contributed by atoms with Gasteiger partial charge in [0.15, 0.2) is 17.4 Å². The molecule has 228 valence electrons. The van der Waals surface area contributed by atoms with Crippen LogP contribution in [0.4, 0.5) is 16.2 Å². The third kappa shape index (κ3) is 6.51. The second-order valence-electron chi connectivity index (χ2n) is 11.8. The van der Waals surface area contributed by atoms with Crippen LogP contribution in [0.3, 0.4) is 0 Å². The summed E-state index contributed by atoms with van der Waals surface area (Å²) in [4.78, 5) is 17.4. The number of likely N-dealkylation sites (N-methyl/N-ethyl adjacent to an activating group) is 1. The smallest absolute Gasteiger partial charge is 0.412 e. The van der Waals surface area contributed by atoms with Crippen LogP contribution in [0.1, 0.15) is 44.9 Å². The molecular formula is C34H42N4O5. The third-order valence-corrected chi connectivity index (χ3v) is 7.85. The molecule has 1 aliphatic rings. The van der Waals surface area contributed by atoms with Crippen LogP contribution in [0.15, 0.2) is 66.9 Å². The Balaban J connectivity index is 1.61. The summed E-state index contributed by atoms with van der Waals surface area (Å²) in [6.07, 6.45) is 1.50. The second-order valence-corrected chi connectivity index (χ2v) is 11.8. The van der Waals surface area contributed by atoms with E-state index in [0.29, 0.717) is 17.2 Å². The van der Waals surface area contributed by atoms with Crippen LogP contribution in [-0.4, -0.2) is 73.2 Å². The molecule has 4 aromatic rings. The van der Waals surface area contributed by atoms with E-state index in [9.17, 15) is 9.90 Å². The van der Waals surface area contributed by atoms with Gasteiger partial charge in [-0.2, -0.15) is 0 Å². The summed E-state index contributed by atoms with van der Waals surface area (Å²) in [7, 11) is 3.21. The highest BCUT2D eigenvalue weighted by molar-refractivity contribution is 5.98. The molecule has 0 bridgehead atoms. The molecule has 1 unspecified atom stereocenters. The Kier molecular flexibility index (Phi) is 8.73. The van der Waals surface area contributed by atoms with Crippen LogP contribution >= 0.6 is 0 Å². The van der Waals surface area contributed by atoms with Crippen LogP contribution in [0, 0.1) is 0 Å². The minimum absolute atomic E-state index is 0.161. The molecule has 1 amide bonds. The number of aromatic hydroxyl groups is 1. The molecule has 1 aliphatic heterocycles. The van der Waals surface area contributed by atoms with E-state index in [4.69, 9.17) is 14.2 Å². The van der Waals surface area contributed by atoms with E-state index in [1.807, 2.05) is 86.1 Å². The molecule has 3 aromatic carbocycles. The lowest BCUT2D eigenvalue weighted by atomic mass is 9.97. The average molecular weight is 587 g/mol. The number of nitrogens with zero attached hydrogens (tertiary/aromatic N) is 3. The molecule has 2 N–H and O–H groups in total. The van der Waals surface area contributed by atoms with Crippen molar-refractivity contribution in [2.75, 3.05) is 57.2 Å². The maximum atomic E-state index is 12.6. The number of aromatic nitrogens is 1. The number of carbonyl (C=O) groups is 1. The fraction of sp³-hybridized carbons (Fsp3) is 0.382. The molecule has 0 spiro atoms. The highest BCUT2D eigenvalue weighted by atomic mass is 16.6. The summed E-state index contributed by atoms with van der Waals surface area (Å²) < 4.78 is 18.5. The van der Waals surface area contributed by atoms with Gasteiger partial charge in [0, 0.05) is 54.5 Å². The number of ether oxygens (including phenoxy) is 3. The van der Waals surface area contributed by atoms with Crippen molar-refractivity contribution in [3.05, 3.63) is 78.0 Å². The highest BCUT2D eigenvalue weighted by Crippen LogP contribution is 2.42. The number of benzene rings is 3. The van der Waals surface area contributed by atoms with Gasteiger partial charge in [-0.1, -0.05) is 31.2 Å². The van der Waals surface area contributed by atoms with Crippen LogP contribution in [0.2, 0.25) is 0 Å². The zero-order valence-corrected chi connectivity index (χ0v) is 25.9. The van der Waals surface area contributed by atoms with Crippen molar-refractivity contribution >= 4 is 28.2 Å². The van der Waals surface area contributed by atoms with Gasteiger partial charge in [0.2, 0.25) is 0 Å². The fourth-order valence-corrected chi connectivity index (χ4v) is 5.75. The van der Waals surface area contributed by atoms with Gasteiger partial charge in [0.1, 0.15) is 5.60 Å². The summed E-state index contributed by atoms with van der Waals surface area (Å²) in [5.41, 5.74) is 2.80. The molecule has 1 fully saturated rings. The first-order chi connectivity index (χ1) is 20.6. The number of nitrogens with one attached hydrogen (secondary N) is 1. The van der Waals surface area contributed by atoms with Crippen molar-refractivity contribution in [1.82, 2.24) is 9.47 Å². The average Bonchev–Trinajstić information content (AvgIpc) is 3.32. The quantitative estimate of drug-likeness (QED) is 0.244. The van der Waals surface area contributed by atoms with Crippen molar-refractivity contribution in [3.8, 4) is 17.4 Å². The molecular weight excluding hydrogens is 544 g/mol. The van der Waals surface area contributed by atoms with Crippen LogP contribution in [0.5, 0.6) is 17.4 Å². The minimum Gasteiger partial charge on any atom is -0.494 e. The normalized spacial score (nSPS) is 14.9. The third-order valence-electron chi connectivity index (χ3n) is 7.85. The van der Waals surface area contributed by atoms with E-state index in [2.05, 4.69) is 28.1 Å². The number of rotatable bonds is 8. The van der Waals surface area contributed by atoms with E-state index >= 15 is 0 Å². The molecule has 43 heavy (non-hydrogen) atoms. The number of hydrogen-bond donors (Lipinski definition) is 2. The van der Waals surface area contributed by atoms with E-state index < -0.39 is 17.7 Å². The van der Waals surface area contributed by atoms with Gasteiger partial charge in [0.05, 0.1) is 20.3 Å². The summed E-state index contributed by atoms with van der Waals surface area (Å²) in [6.45, 7) is 12.6. The minimum atomic E-state index is -0.623. The molecule has 0 aliphatic carbocycles. The topological polar surface area (TPSA) is 88.4 Å². The monoisotopic (exact) mass is 586 g/mol. The fourth-order valence-electron chi connectivity index (χ4n) is 5.75. The van der Waals surface area contributed by atoms with E-state index in [1.54, 1.807) is 14.2 Å². The molecule has 5 rings (SSSR count). The lowest BCUT2D eigenvalue weighted by Crippen LogP contribution is -2.46. The van der Waals surface area contributed by atoms with Crippen molar-refractivity contribution in [2.24, 2.45) is 0 Å². The summed E-state index contributed by atoms with van der Waals surface area (Å²) in [6, 6.07) is 19.0. The standard InChI is InChI=1S/C34H42N4O5/c1-7-36-16-18-37(19-17-36)28-13-9-12-26-27(28)22-38(32(26)39)31(24-14-15-29(41-5)30(21-24)42-6)23-10-8-11-25(20-23)35-33(40)43-34(2,3)4/h8-15,20-22,31,39H,7,16-19H2,1-6H3,(H,35,40). The SMILES string of the molecule is CCN1CCN(c2cccc3c(O)n(C(c4cccc(NC(=O)OC(C)(C)C)c4)c4ccc(OC)c(OC)c4)cc23)CC1. The molecule has 9 nitrogen and oxygen atoms in total. The van der Waals surface area contributed by atoms with Crippen molar-refractivity contribution in [1.29, 1.82) is 0 Å². The summed E-state index contributed by atoms with van der Waals surface area (Å²) >= 11 is 0. The first kappa shape index (κ1) is 30.1. The van der Waals surface area contributed by atoms with Crippen LogP contribution in [0.25, 0.3) is 10.8 Å². The van der Waals surface area contributed by atoms with Gasteiger partial charge >= 0.3 is 6.09 Å². The van der Waals surface area contributed by atoms with E-state index in [-0.39, 0.29) is 5.88 Å². The Morgan fingerprint density at radius 2 is 1.60 bits per heavy atom. The molecule has 1 atom stereocenters. The van der Waals surface area contributed by atoms with Gasteiger partial charge < -0.3 is 33.7 Å². The predicted molar refractivity (Wildman–Crippen MR) is 171 cm³/mol. The second kappa shape index (κ2) is 12.5. The van der Waals surface area contributed by atoms with Crippen molar-refractivity contribution in [3.63, 3.8) is 0 Å². The summed E-state index contributed by atoms with van der Waals surface area (Å²) in [5.74, 6) is 1.36. The van der Waals surface area contributed by atoms with E-state index in [1.165, 1.54) is 0 Å². The first-order valence-electron chi connectivity index (χ1n) is 14.7.